The zero-order valence-electron chi connectivity index (χ0n) is 17.2. The summed E-state index contributed by atoms with van der Waals surface area (Å²) in [5.74, 6) is 3.00. The van der Waals surface area contributed by atoms with Crippen molar-refractivity contribution in [3.63, 3.8) is 0 Å². The van der Waals surface area contributed by atoms with Gasteiger partial charge in [0.15, 0.2) is 23.0 Å². The number of methoxy groups -OCH3 is 4. The minimum Gasteiger partial charge on any atom is -0.497 e. The Kier molecular flexibility index (Phi) is 5.30. The van der Waals surface area contributed by atoms with Crippen LogP contribution in [0, 0.1) is 0 Å². The monoisotopic (exact) mass is 406 g/mol. The molecular formula is C22H22N4O4. The summed E-state index contributed by atoms with van der Waals surface area (Å²) in [5.41, 5.74) is 3.34. The van der Waals surface area contributed by atoms with E-state index < -0.39 is 0 Å². The van der Waals surface area contributed by atoms with Gasteiger partial charge in [-0.15, -0.1) is 0 Å². The van der Waals surface area contributed by atoms with E-state index in [1.165, 1.54) is 0 Å². The highest BCUT2D eigenvalue weighted by molar-refractivity contribution is 5.76. The van der Waals surface area contributed by atoms with Gasteiger partial charge in [-0.25, -0.2) is 9.97 Å². The standard InChI is InChI=1S/C22H22N4O4/c1-27-16-7-5-6-14(10-16)17-13-24-22-21(23-8-9-26(17)22)25-15-11-18(28-2)20(30-4)19(12-15)29-3/h5-13H,1-4H3,(H,23,25). The van der Waals surface area contributed by atoms with Gasteiger partial charge in [0.05, 0.1) is 40.3 Å². The number of rotatable bonds is 7. The van der Waals surface area contributed by atoms with Crippen LogP contribution in [-0.2, 0) is 0 Å². The summed E-state index contributed by atoms with van der Waals surface area (Å²) >= 11 is 0. The highest BCUT2D eigenvalue weighted by atomic mass is 16.5. The van der Waals surface area contributed by atoms with Gasteiger partial charge < -0.3 is 24.3 Å². The second-order valence-corrected chi connectivity index (χ2v) is 6.38. The zero-order chi connectivity index (χ0) is 21.1. The summed E-state index contributed by atoms with van der Waals surface area (Å²) in [6.45, 7) is 0. The fraction of sp³-hybridized carbons (Fsp3) is 0.182. The molecule has 1 N–H and O–H groups in total. The molecule has 8 nitrogen and oxygen atoms in total. The number of fused-ring (bicyclic) bond motifs is 1. The molecule has 0 aliphatic heterocycles. The van der Waals surface area contributed by atoms with Crippen LogP contribution in [0.3, 0.4) is 0 Å². The van der Waals surface area contributed by atoms with Crippen molar-refractivity contribution in [1.29, 1.82) is 0 Å². The molecule has 0 aliphatic carbocycles. The summed E-state index contributed by atoms with van der Waals surface area (Å²) < 4.78 is 23.6. The van der Waals surface area contributed by atoms with Gasteiger partial charge in [-0.3, -0.25) is 4.40 Å². The SMILES string of the molecule is COc1cccc(-c2cnc3c(Nc4cc(OC)c(OC)c(OC)c4)nccn23)c1. The van der Waals surface area contributed by atoms with Crippen LogP contribution in [0.1, 0.15) is 0 Å². The lowest BCUT2D eigenvalue weighted by Gasteiger charge is -2.15. The smallest absolute Gasteiger partial charge is 0.203 e. The molecule has 4 aromatic rings. The molecule has 0 saturated heterocycles. The molecule has 2 aromatic heterocycles. The molecule has 0 bridgehead atoms. The average Bonchev–Trinajstić information content (AvgIpc) is 3.23. The van der Waals surface area contributed by atoms with E-state index in [1.54, 1.807) is 34.6 Å². The minimum atomic E-state index is 0.526. The normalized spacial score (nSPS) is 10.7. The van der Waals surface area contributed by atoms with Gasteiger partial charge in [-0.1, -0.05) is 12.1 Å². The number of hydrogen-bond donors (Lipinski definition) is 1. The largest absolute Gasteiger partial charge is 0.497 e. The molecule has 0 atom stereocenters. The predicted octanol–water partition coefficient (Wildman–Crippen LogP) is 4.17. The van der Waals surface area contributed by atoms with Gasteiger partial charge in [0.1, 0.15) is 5.75 Å². The quantitative estimate of drug-likeness (QED) is 0.493. The van der Waals surface area contributed by atoms with Crippen LogP contribution in [0.15, 0.2) is 55.0 Å². The van der Waals surface area contributed by atoms with Gasteiger partial charge in [0.25, 0.3) is 0 Å². The third-order valence-electron chi connectivity index (χ3n) is 4.72. The van der Waals surface area contributed by atoms with Crippen molar-refractivity contribution in [2.24, 2.45) is 0 Å². The molecule has 0 unspecified atom stereocenters. The van der Waals surface area contributed by atoms with Crippen molar-refractivity contribution in [2.45, 2.75) is 0 Å². The number of anilines is 2. The second kappa shape index (κ2) is 8.20. The van der Waals surface area contributed by atoms with Gasteiger partial charge >= 0.3 is 0 Å². The molecule has 2 aromatic carbocycles. The Bertz CT molecular complexity index is 1160. The lowest BCUT2D eigenvalue weighted by atomic mass is 10.1. The molecule has 0 fully saturated rings. The van der Waals surface area contributed by atoms with Gasteiger partial charge in [0, 0.05) is 35.8 Å². The highest BCUT2D eigenvalue weighted by Gasteiger charge is 2.16. The van der Waals surface area contributed by atoms with E-state index in [0.29, 0.717) is 28.7 Å². The summed E-state index contributed by atoms with van der Waals surface area (Å²) in [7, 11) is 6.38. The maximum absolute atomic E-state index is 5.43. The first-order valence-electron chi connectivity index (χ1n) is 9.22. The summed E-state index contributed by atoms with van der Waals surface area (Å²) in [6, 6.07) is 11.5. The van der Waals surface area contributed by atoms with Crippen LogP contribution in [0.5, 0.6) is 23.0 Å². The van der Waals surface area contributed by atoms with Crippen molar-refractivity contribution >= 4 is 17.2 Å². The van der Waals surface area contributed by atoms with Crippen molar-refractivity contribution in [1.82, 2.24) is 14.4 Å². The van der Waals surface area contributed by atoms with E-state index in [-0.39, 0.29) is 0 Å². The molecule has 8 heteroatoms. The molecule has 154 valence electrons. The summed E-state index contributed by atoms with van der Waals surface area (Å²) in [4.78, 5) is 9.04. The maximum Gasteiger partial charge on any atom is 0.203 e. The van der Waals surface area contributed by atoms with E-state index in [4.69, 9.17) is 18.9 Å². The van der Waals surface area contributed by atoms with E-state index in [1.807, 2.05) is 53.2 Å². The van der Waals surface area contributed by atoms with Gasteiger partial charge in [-0.2, -0.15) is 0 Å². The van der Waals surface area contributed by atoms with Crippen molar-refractivity contribution in [2.75, 3.05) is 33.8 Å². The molecule has 0 saturated carbocycles. The van der Waals surface area contributed by atoms with Crippen LogP contribution in [0.25, 0.3) is 16.9 Å². The molecule has 30 heavy (non-hydrogen) atoms. The number of benzene rings is 2. The Labute approximate surface area is 174 Å². The Morgan fingerprint density at radius 1 is 0.867 bits per heavy atom. The Morgan fingerprint density at radius 3 is 2.30 bits per heavy atom. The van der Waals surface area contributed by atoms with Crippen LogP contribution < -0.4 is 24.3 Å². The van der Waals surface area contributed by atoms with E-state index in [2.05, 4.69) is 15.3 Å². The number of nitrogens with one attached hydrogen (secondary N) is 1. The molecule has 0 spiro atoms. The molecule has 0 radical (unpaired) electrons. The lowest BCUT2D eigenvalue weighted by molar-refractivity contribution is 0.324. The van der Waals surface area contributed by atoms with E-state index in [9.17, 15) is 0 Å². The second-order valence-electron chi connectivity index (χ2n) is 6.38. The Morgan fingerprint density at radius 2 is 1.63 bits per heavy atom. The summed E-state index contributed by atoms with van der Waals surface area (Å²) in [6.07, 6.45) is 5.41. The van der Waals surface area contributed by atoms with Crippen molar-refractivity contribution in [3.05, 3.63) is 55.0 Å². The minimum absolute atomic E-state index is 0.526. The first-order valence-corrected chi connectivity index (χ1v) is 9.22. The topological polar surface area (TPSA) is 79.1 Å². The van der Waals surface area contributed by atoms with Crippen LogP contribution in [0.2, 0.25) is 0 Å². The Balaban J connectivity index is 1.75. The summed E-state index contributed by atoms with van der Waals surface area (Å²) in [5, 5.41) is 3.30. The Hall–Kier alpha value is -3.94. The highest BCUT2D eigenvalue weighted by Crippen LogP contribution is 2.40. The molecule has 0 amide bonds. The molecule has 4 rings (SSSR count). The first-order chi connectivity index (χ1) is 14.7. The van der Waals surface area contributed by atoms with Gasteiger partial charge in [-0.05, 0) is 12.1 Å². The van der Waals surface area contributed by atoms with Crippen LogP contribution in [0.4, 0.5) is 11.5 Å². The fourth-order valence-corrected chi connectivity index (χ4v) is 3.29. The van der Waals surface area contributed by atoms with E-state index >= 15 is 0 Å². The van der Waals surface area contributed by atoms with Crippen LogP contribution >= 0.6 is 0 Å². The number of nitrogens with zero attached hydrogens (tertiary/aromatic N) is 3. The number of hydrogen-bond acceptors (Lipinski definition) is 7. The molecule has 0 aliphatic rings. The predicted molar refractivity (Wildman–Crippen MR) is 114 cm³/mol. The zero-order valence-corrected chi connectivity index (χ0v) is 17.2. The molecular weight excluding hydrogens is 384 g/mol. The average molecular weight is 406 g/mol. The molecule has 2 heterocycles. The van der Waals surface area contributed by atoms with Gasteiger partial charge in [0.2, 0.25) is 5.75 Å². The van der Waals surface area contributed by atoms with Crippen molar-refractivity contribution < 1.29 is 18.9 Å². The number of imidazole rings is 1. The van der Waals surface area contributed by atoms with E-state index in [0.717, 1.165) is 22.7 Å². The third kappa shape index (κ3) is 3.43. The fourth-order valence-electron chi connectivity index (χ4n) is 3.29. The number of aromatic nitrogens is 3. The lowest BCUT2D eigenvalue weighted by Crippen LogP contribution is -2.01. The maximum atomic E-state index is 5.43. The first kappa shape index (κ1) is 19.4. The third-order valence-corrected chi connectivity index (χ3v) is 4.72. The number of ether oxygens (including phenoxy) is 4. The van der Waals surface area contributed by atoms with Crippen molar-refractivity contribution in [3.8, 4) is 34.3 Å². The van der Waals surface area contributed by atoms with Crippen LogP contribution in [-0.4, -0.2) is 42.8 Å².